The molecule has 32 heavy (non-hydrogen) atoms. The van der Waals surface area contributed by atoms with Gasteiger partial charge in [-0.1, -0.05) is 43.7 Å². The maximum Gasteiger partial charge on any atom is 0.302 e. The molecule has 4 unspecified atom stereocenters. The van der Waals surface area contributed by atoms with E-state index in [2.05, 4.69) is 59.8 Å². The minimum Gasteiger partial charge on any atom is -0.462 e. The number of hydrogen-bond acceptors (Lipinski definition) is 3. The van der Waals surface area contributed by atoms with E-state index in [0.29, 0.717) is 5.92 Å². The van der Waals surface area contributed by atoms with Crippen LogP contribution in [0.5, 0.6) is 0 Å². The highest BCUT2D eigenvalue weighted by Gasteiger charge is 2.57. The van der Waals surface area contributed by atoms with E-state index >= 15 is 0 Å². The topological polar surface area (TPSA) is 44.1 Å². The van der Waals surface area contributed by atoms with Crippen LogP contribution in [0.1, 0.15) is 65.7 Å². The van der Waals surface area contributed by atoms with Crippen molar-refractivity contribution in [3.05, 3.63) is 48.3 Å². The molecule has 4 aliphatic carbocycles. The van der Waals surface area contributed by atoms with E-state index in [4.69, 9.17) is 4.74 Å². The van der Waals surface area contributed by atoms with Gasteiger partial charge in [-0.05, 0) is 73.8 Å². The van der Waals surface area contributed by atoms with Crippen molar-refractivity contribution in [3.63, 3.8) is 0 Å². The number of imidazole rings is 1. The van der Waals surface area contributed by atoms with E-state index in [9.17, 15) is 4.79 Å². The molecule has 2 saturated carbocycles. The summed E-state index contributed by atoms with van der Waals surface area (Å²) in [7, 11) is 0. The predicted octanol–water partition coefficient (Wildman–Crippen LogP) is 6.38. The molecule has 4 aliphatic rings. The van der Waals surface area contributed by atoms with Gasteiger partial charge in [0, 0.05) is 24.5 Å². The number of esters is 1. The van der Waals surface area contributed by atoms with E-state index in [1.54, 1.807) is 5.57 Å². The summed E-state index contributed by atoms with van der Waals surface area (Å²) >= 11 is 0. The predicted molar refractivity (Wildman–Crippen MR) is 127 cm³/mol. The van der Waals surface area contributed by atoms with Crippen molar-refractivity contribution >= 4 is 22.7 Å². The van der Waals surface area contributed by atoms with Gasteiger partial charge < -0.3 is 9.30 Å². The Balaban J connectivity index is 1.30. The second-order valence-corrected chi connectivity index (χ2v) is 11.1. The van der Waals surface area contributed by atoms with Crippen molar-refractivity contribution in [1.82, 2.24) is 9.55 Å². The first-order chi connectivity index (χ1) is 15.4. The first-order valence-corrected chi connectivity index (χ1v) is 12.4. The average molecular weight is 431 g/mol. The number of nitrogens with zero attached hydrogens (tertiary/aromatic N) is 2. The van der Waals surface area contributed by atoms with Gasteiger partial charge in [0.1, 0.15) is 12.4 Å². The lowest BCUT2D eigenvalue weighted by molar-refractivity contribution is -0.148. The minimum absolute atomic E-state index is 0.0755. The average Bonchev–Trinajstić information content (AvgIpc) is 3.34. The molecule has 6 rings (SSSR count). The Morgan fingerprint density at radius 3 is 2.72 bits per heavy atom. The van der Waals surface area contributed by atoms with Crippen LogP contribution in [0.4, 0.5) is 0 Å². The van der Waals surface area contributed by atoms with Crippen molar-refractivity contribution < 1.29 is 9.53 Å². The molecule has 0 radical (unpaired) electrons. The van der Waals surface area contributed by atoms with E-state index in [1.165, 1.54) is 43.8 Å². The third-order valence-electron chi connectivity index (χ3n) is 9.64. The molecule has 4 heteroatoms. The fraction of sp³-hybridized carbons (Fsp3) is 0.571. The first-order valence-electron chi connectivity index (χ1n) is 12.4. The first kappa shape index (κ1) is 20.3. The highest BCUT2D eigenvalue weighted by Crippen LogP contribution is 2.65. The highest BCUT2D eigenvalue weighted by molar-refractivity contribution is 5.80. The van der Waals surface area contributed by atoms with E-state index in [1.807, 2.05) is 6.33 Å². The second-order valence-electron chi connectivity index (χ2n) is 11.1. The van der Waals surface area contributed by atoms with Crippen molar-refractivity contribution in [1.29, 1.82) is 0 Å². The maximum atomic E-state index is 11.5. The van der Waals surface area contributed by atoms with Gasteiger partial charge >= 0.3 is 5.97 Å². The Kier molecular flexibility index (Phi) is 4.48. The molecular formula is C28H34N2O2. The summed E-state index contributed by atoms with van der Waals surface area (Å²) in [4.78, 5) is 16.2. The van der Waals surface area contributed by atoms with Crippen LogP contribution in [-0.2, 0) is 9.53 Å². The lowest BCUT2D eigenvalue weighted by atomic mass is 9.47. The van der Waals surface area contributed by atoms with Gasteiger partial charge in [0.15, 0.2) is 0 Å². The van der Waals surface area contributed by atoms with Gasteiger partial charge in [0.25, 0.3) is 0 Å². The molecule has 2 fully saturated rings. The zero-order chi connectivity index (χ0) is 22.1. The molecule has 1 aromatic carbocycles. The zero-order valence-corrected chi connectivity index (χ0v) is 19.5. The van der Waals surface area contributed by atoms with Crippen LogP contribution in [0.25, 0.3) is 16.7 Å². The number of carbonyl (C=O) groups is 1. The smallest absolute Gasteiger partial charge is 0.302 e. The molecule has 1 heterocycles. The molecule has 168 valence electrons. The fourth-order valence-corrected chi connectivity index (χ4v) is 8.03. The number of aromatic nitrogens is 2. The van der Waals surface area contributed by atoms with Crippen LogP contribution < -0.4 is 0 Å². The summed E-state index contributed by atoms with van der Waals surface area (Å²) in [5.74, 6) is 2.03. The summed E-state index contributed by atoms with van der Waals surface area (Å²) in [5, 5.41) is 0. The summed E-state index contributed by atoms with van der Waals surface area (Å²) in [6.45, 7) is 6.56. The Bertz CT molecular complexity index is 1140. The van der Waals surface area contributed by atoms with Gasteiger partial charge in [-0.2, -0.15) is 0 Å². The zero-order valence-electron chi connectivity index (χ0n) is 19.5. The number of ether oxygens (including phenoxy) is 1. The Morgan fingerprint density at radius 2 is 1.88 bits per heavy atom. The van der Waals surface area contributed by atoms with E-state index in [0.717, 1.165) is 36.6 Å². The second kappa shape index (κ2) is 7.07. The number of benzene rings is 1. The van der Waals surface area contributed by atoms with Crippen molar-refractivity contribution in [3.8, 4) is 0 Å². The highest BCUT2D eigenvalue weighted by atomic mass is 16.5. The Labute approximate surface area is 190 Å². The van der Waals surface area contributed by atoms with Crippen LogP contribution in [0.15, 0.2) is 48.3 Å². The molecule has 0 spiro atoms. The summed E-state index contributed by atoms with van der Waals surface area (Å²) in [5.41, 5.74) is 5.81. The largest absolute Gasteiger partial charge is 0.462 e. The molecule has 4 nitrogen and oxygen atoms in total. The van der Waals surface area contributed by atoms with Gasteiger partial charge in [0.2, 0.25) is 0 Å². The van der Waals surface area contributed by atoms with Crippen LogP contribution in [0.2, 0.25) is 0 Å². The SMILES string of the molecule is CC(=O)O[C@H]1CCC2(C)C(=CCC3C2CC[C@]2(C)C(n4cnc5ccccc54)=CCC32)C1. The van der Waals surface area contributed by atoms with Gasteiger partial charge in [-0.15, -0.1) is 0 Å². The van der Waals surface area contributed by atoms with Crippen molar-refractivity contribution in [2.75, 3.05) is 0 Å². The van der Waals surface area contributed by atoms with Crippen LogP contribution in [0.3, 0.4) is 0 Å². The van der Waals surface area contributed by atoms with E-state index in [-0.39, 0.29) is 22.9 Å². The van der Waals surface area contributed by atoms with Crippen molar-refractivity contribution in [2.24, 2.45) is 28.6 Å². The van der Waals surface area contributed by atoms with Crippen molar-refractivity contribution in [2.45, 2.75) is 71.8 Å². The number of carbonyl (C=O) groups excluding carboxylic acids is 1. The Hall–Kier alpha value is -2.36. The van der Waals surface area contributed by atoms with Gasteiger partial charge in [0.05, 0.1) is 11.0 Å². The fourth-order valence-electron chi connectivity index (χ4n) is 8.03. The number of hydrogen-bond donors (Lipinski definition) is 0. The Morgan fingerprint density at radius 1 is 1.06 bits per heavy atom. The number of fused-ring (bicyclic) bond motifs is 6. The molecule has 1 aromatic heterocycles. The van der Waals surface area contributed by atoms with E-state index < -0.39 is 0 Å². The van der Waals surface area contributed by atoms with Crippen LogP contribution in [-0.4, -0.2) is 21.6 Å². The molecule has 0 bridgehead atoms. The summed E-state index contributed by atoms with van der Waals surface area (Å²) in [6, 6.07) is 8.50. The number of allylic oxidation sites excluding steroid dienone is 3. The summed E-state index contributed by atoms with van der Waals surface area (Å²) in [6.07, 6.45) is 15.1. The molecular weight excluding hydrogens is 396 g/mol. The molecule has 0 saturated heterocycles. The quantitative estimate of drug-likeness (QED) is 0.410. The normalized spacial score (nSPS) is 38.3. The molecule has 0 N–H and O–H groups in total. The van der Waals surface area contributed by atoms with Crippen LogP contribution in [0, 0.1) is 28.6 Å². The molecule has 0 amide bonds. The molecule has 0 aliphatic heterocycles. The standard InChI is InChI=1S/C28H34N2O2/c1-18(31)32-20-12-14-27(2)19(16-20)8-9-21-22-10-11-26(28(22,3)15-13-23(21)27)30-17-29-24-6-4-5-7-25(24)30/h4-8,11,17,20-23H,9-10,12-16H2,1-3H3/t20-,21?,22?,23?,27?,28-/m0/s1. The number of para-hydroxylation sites is 2. The third-order valence-corrected chi connectivity index (χ3v) is 9.64. The number of rotatable bonds is 2. The molecule has 6 atom stereocenters. The molecule has 2 aromatic rings. The van der Waals surface area contributed by atoms with Crippen LogP contribution >= 0.6 is 0 Å². The monoisotopic (exact) mass is 430 g/mol. The maximum absolute atomic E-state index is 11.5. The minimum atomic E-state index is -0.141. The van der Waals surface area contributed by atoms with Gasteiger partial charge in [-0.25, -0.2) is 4.98 Å². The third kappa shape index (κ3) is 2.80. The lowest BCUT2D eigenvalue weighted by Gasteiger charge is -2.57. The summed E-state index contributed by atoms with van der Waals surface area (Å²) < 4.78 is 7.97. The lowest BCUT2D eigenvalue weighted by Crippen LogP contribution is -2.50. The van der Waals surface area contributed by atoms with Gasteiger partial charge in [-0.3, -0.25) is 4.79 Å².